The molecule has 1 aromatic heterocycles. The van der Waals surface area contributed by atoms with Crippen LogP contribution in [0.4, 0.5) is 10.2 Å². The molecular formula is C9H8ClFN2O3S. The van der Waals surface area contributed by atoms with E-state index in [1.165, 1.54) is 11.0 Å². The van der Waals surface area contributed by atoms with Gasteiger partial charge >= 0.3 is 0 Å². The van der Waals surface area contributed by atoms with E-state index in [2.05, 4.69) is 4.98 Å². The van der Waals surface area contributed by atoms with Gasteiger partial charge in [0, 0.05) is 23.6 Å². The lowest BCUT2D eigenvalue weighted by Gasteiger charge is -2.14. The van der Waals surface area contributed by atoms with E-state index in [0.717, 1.165) is 12.3 Å². The number of carbonyl (C=O) groups is 1. The SMILES string of the molecule is O=C1CC(S(=O)(=O)Cl)CN1c1ccc(F)cn1. The number of rotatable bonds is 2. The molecule has 1 saturated heterocycles. The van der Waals surface area contributed by atoms with Crippen molar-refractivity contribution in [1.29, 1.82) is 0 Å². The molecule has 0 spiro atoms. The minimum absolute atomic E-state index is 0.0523. The van der Waals surface area contributed by atoms with Crippen molar-refractivity contribution in [3.8, 4) is 0 Å². The molecule has 17 heavy (non-hydrogen) atoms. The number of anilines is 1. The summed E-state index contributed by atoms with van der Waals surface area (Å²) in [6.07, 6.45) is 0.788. The van der Waals surface area contributed by atoms with Gasteiger partial charge in [0.15, 0.2) is 0 Å². The lowest BCUT2D eigenvalue weighted by atomic mass is 10.4. The number of amides is 1. The molecule has 1 fully saturated rings. The maximum Gasteiger partial charge on any atom is 0.237 e. The molecule has 0 aliphatic carbocycles. The first kappa shape index (κ1) is 12.3. The van der Waals surface area contributed by atoms with Gasteiger partial charge in [-0.3, -0.25) is 9.69 Å². The topological polar surface area (TPSA) is 67.3 Å². The summed E-state index contributed by atoms with van der Waals surface area (Å²) in [6.45, 7) is -0.0523. The Balaban J connectivity index is 2.24. The van der Waals surface area contributed by atoms with Crippen LogP contribution in [-0.4, -0.2) is 31.1 Å². The van der Waals surface area contributed by atoms with Crippen molar-refractivity contribution < 1.29 is 17.6 Å². The molecule has 1 aromatic rings. The fourth-order valence-electron chi connectivity index (χ4n) is 1.61. The molecule has 1 amide bonds. The third kappa shape index (κ3) is 2.55. The molecule has 1 atom stereocenters. The van der Waals surface area contributed by atoms with Gasteiger partial charge in [0.1, 0.15) is 16.9 Å². The zero-order chi connectivity index (χ0) is 12.6. The van der Waals surface area contributed by atoms with E-state index in [1.54, 1.807) is 0 Å². The van der Waals surface area contributed by atoms with Crippen LogP contribution in [0.3, 0.4) is 0 Å². The third-order valence-corrected chi connectivity index (χ3v) is 4.34. The summed E-state index contributed by atoms with van der Waals surface area (Å²) in [6, 6.07) is 2.47. The van der Waals surface area contributed by atoms with Gasteiger partial charge in [0.05, 0.1) is 6.20 Å². The van der Waals surface area contributed by atoms with Gasteiger partial charge in [0.2, 0.25) is 15.0 Å². The molecule has 5 nitrogen and oxygen atoms in total. The number of aromatic nitrogens is 1. The van der Waals surface area contributed by atoms with Crippen LogP contribution in [0.15, 0.2) is 18.3 Å². The Morgan fingerprint density at radius 1 is 1.47 bits per heavy atom. The average Bonchev–Trinajstić information content (AvgIpc) is 2.61. The maximum atomic E-state index is 12.7. The minimum Gasteiger partial charge on any atom is -0.295 e. The fraction of sp³-hybridized carbons (Fsp3) is 0.333. The van der Waals surface area contributed by atoms with Crippen LogP contribution >= 0.6 is 10.7 Å². The maximum absolute atomic E-state index is 12.7. The Morgan fingerprint density at radius 2 is 2.18 bits per heavy atom. The van der Waals surface area contributed by atoms with Crippen molar-refractivity contribution in [1.82, 2.24) is 4.98 Å². The molecule has 2 rings (SSSR count). The van der Waals surface area contributed by atoms with Gasteiger partial charge < -0.3 is 0 Å². The number of hydrogen-bond acceptors (Lipinski definition) is 4. The van der Waals surface area contributed by atoms with Crippen LogP contribution in [0.25, 0.3) is 0 Å². The zero-order valence-electron chi connectivity index (χ0n) is 8.51. The van der Waals surface area contributed by atoms with E-state index in [-0.39, 0.29) is 18.8 Å². The highest BCUT2D eigenvalue weighted by atomic mass is 35.7. The monoisotopic (exact) mass is 278 g/mol. The lowest BCUT2D eigenvalue weighted by molar-refractivity contribution is -0.117. The van der Waals surface area contributed by atoms with Crippen LogP contribution in [0.5, 0.6) is 0 Å². The van der Waals surface area contributed by atoms with E-state index in [4.69, 9.17) is 10.7 Å². The molecule has 1 aliphatic rings. The Labute approximate surface area is 102 Å². The van der Waals surface area contributed by atoms with Crippen molar-refractivity contribution in [2.45, 2.75) is 11.7 Å². The summed E-state index contributed by atoms with van der Waals surface area (Å²) in [4.78, 5) is 16.5. The van der Waals surface area contributed by atoms with E-state index < -0.39 is 26.0 Å². The standard InChI is InChI=1S/C9H8ClFN2O3S/c10-17(15,16)7-3-9(14)13(5-7)8-2-1-6(11)4-12-8/h1-2,4,7H,3,5H2. The molecule has 0 aromatic carbocycles. The van der Waals surface area contributed by atoms with Crippen molar-refractivity contribution >= 4 is 31.5 Å². The molecule has 1 unspecified atom stereocenters. The van der Waals surface area contributed by atoms with Crippen molar-refractivity contribution in [3.05, 3.63) is 24.1 Å². The van der Waals surface area contributed by atoms with E-state index in [0.29, 0.717) is 0 Å². The van der Waals surface area contributed by atoms with Crippen LogP contribution in [-0.2, 0) is 13.8 Å². The van der Waals surface area contributed by atoms with Gasteiger partial charge in [-0.2, -0.15) is 0 Å². The second kappa shape index (κ2) is 4.23. The third-order valence-electron chi connectivity index (χ3n) is 2.48. The van der Waals surface area contributed by atoms with Crippen molar-refractivity contribution in [3.63, 3.8) is 0 Å². The highest BCUT2D eigenvalue weighted by Crippen LogP contribution is 2.25. The number of halogens is 2. The molecule has 92 valence electrons. The molecule has 0 bridgehead atoms. The summed E-state index contributed by atoms with van der Waals surface area (Å²) in [7, 11) is 1.42. The molecule has 2 heterocycles. The van der Waals surface area contributed by atoms with Gasteiger partial charge in [-0.1, -0.05) is 0 Å². The van der Waals surface area contributed by atoms with E-state index >= 15 is 0 Å². The summed E-state index contributed by atoms with van der Waals surface area (Å²) in [5, 5.41) is -0.941. The van der Waals surface area contributed by atoms with Gasteiger partial charge in [-0.25, -0.2) is 17.8 Å². The Morgan fingerprint density at radius 3 is 2.65 bits per heavy atom. The Kier molecular flexibility index (Phi) is 3.05. The van der Waals surface area contributed by atoms with Gasteiger partial charge in [-0.05, 0) is 12.1 Å². The first-order valence-corrected chi connectivity index (χ1v) is 7.10. The number of pyridine rings is 1. The van der Waals surface area contributed by atoms with Crippen LogP contribution < -0.4 is 4.90 Å². The smallest absolute Gasteiger partial charge is 0.237 e. The predicted molar refractivity (Wildman–Crippen MR) is 59.7 cm³/mol. The van der Waals surface area contributed by atoms with E-state index in [9.17, 15) is 17.6 Å². The predicted octanol–water partition coefficient (Wildman–Crippen LogP) is 0.895. The lowest BCUT2D eigenvalue weighted by Crippen LogP contribution is -2.27. The fourth-order valence-corrected chi connectivity index (χ4v) is 2.64. The highest BCUT2D eigenvalue weighted by Gasteiger charge is 2.38. The number of carbonyl (C=O) groups excluding carboxylic acids is 1. The first-order valence-electron chi connectivity index (χ1n) is 4.73. The first-order chi connectivity index (χ1) is 7.88. The zero-order valence-corrected chi connectivity index (χ0v) is 10.1. The van der Waals surface area contributed by atoms with Crippen LogP contribution in [0.2, 0.25) is 0 Å². The van der Waals surface area contributed by atoms with Crippen molar-refractivity contribution in [2.24, 2.45) is 0 Å². The molecule has 0 N–H and O–H groups in total. The van der Waals surface area contributed by atoms with Crippen LogP contribution in [0.1, 0.15) is 6.42 Å². The normalized spacial score (nSPS) is 20.9. The summed E-state index contributed by atoms with van der Waals surface area (Å²) >= 11 is 0. The molecule has 0 radical (unpaired) electrons. The van der Waals surface area contributed by atoms with Gasteiger partial charge in [-0.15, -0.1) is 0 Å². The van der Waals surface area contributed by atoms with Crippen molar-refractivity contribution in [2.75, 3.05) is 11.4 Å². The second-order valence-corrected chi connectivity index (χ2v) is 6.55. The molecule has 0 saturated carbocycles. The molecular weight excluding hydrogens is 271 g/mol. The largest absolute Gasteiger partial charge is 0.295 e. The molecule has 1 aliphatic heterocycles. The molecule has 8 heteroatoms. The Hall–Kier alpha value is -1.21. The summed E-state index contributed by atoms with van der Waals surface area (Å²) in [5.41, 5.74) is 0. The quantitative estimate of drug-likeness (QED) is 0.754. The van der Waals surface area contributed by atoms with Gasteiger partial charge in [0.25, 0.3) is 0 Å². The number of hydrogen-bond donors (Lipinski definition) is 0. The average molecular weight is 279 g/mol. The summed E-state index contributed by atoms with van der Waals surface area (Å²) in [5.74, 6) is -0.695. The second-order valence-electron chi connectivity index (χ2n) is 3.64. The van der Waals surface area contributed by atoms with Crippen LogP contribution in [0, 0.1) is 5.82 Å². The Bertz CT molecular complexity index is 546. The number of nitrogens with zero attached hydrogens (tertiary/aromatic N) is 2. The summed E-state index contributed by atoms with van der Waals surface area (Å²) < 4.78 is 34.9. The minimum atomic E-state index is -3.78. The highest BCUT2D eigenvalue weighted by molar-refractivity contribution is 8.14. The van der Waals surface area contributed by atoms with E-state index in [1.807, 2.05) is 0 Å².